The first-order valence-corrected chi connectivity index (χ1v) is 5.47. The fourth-order valence-corrected chi connectivity index (χ4v) is 2.28. The highest BCUT2D eigenvalue weighted by Gasteiger charge is 2.34. The molecule has 2 aliphatic rings. The number of halogens is 1. The van der Waals surface area contributed by atoms with Crippen LogP contribution in [0.4, 0.5) is 0 Å². The highest BCUT2D eigenvalue weighted by molar-refractivity contribution is 5.85. The van der Waals surface area contributed by atoms with Crippen LogP contribution in [0.3, 0.4) is 0 Å². The fraction of sp³-hybridized carbons (Fsp3) is 0.818. The van der Waals surface area contributed by atoms with E-state index in [4.69, 9.17) is 9.47 Å². The molecule has 0 aliphatic carbocycles. The Hall–Kier alpha value is -0.0900. The second-order valence-corrected chi connectivity index (χ2v) is 4.05. The lowest BCUT2D eigenvalue weighted by Gasteiger charge is -2.32. The molecule has 3 atom stereocenters. The topological polar surface area (TPSA) is 30.5 Å². The molecule has 0 spiro atoms. The van der Waals surface area contributed by atoms with Crippen LogP contribution in [0.25, 0.3) is 0 Å². The van der Waals surface area contributed by atoms with Gasteiger partial charge in [0.2, 0.25) is 0 Å². The van der Waals surface area contributed by atoms with E-state index >= 15 is 0 Å². The molecule has 3 nitrogen and oxygen atoms in total. The largest absolute Gasteiger partial charge is 0.375 e. The lowest BCUT2D eigenvalue weighted by atomic mass is 10.0. The van der Waals surface area contributed by atoms with E-state index in [-0.39, 0.29) is 12.4 Å². The predicted octanol–water partition coefficient (Wildman–Crippen LogP) is 1.52. The van der Waals surface area contributed by atoms with Crippen LogP contribution in [0, 0.1) is 0 Å². The van der Waals surface area contributed by atoms with Crippen molar-refractivity contribution in [1.82, 2.24) is 5.32 Å². The molecule has 0 saturated carbocycles. The average molecular weight is 234 g/mol. The number of rotatable bonds is 4. The van der Waals surface area contributed by atoms with Crippen LogP contribution in [0.5, 0.6) is 0 Å². The minimum Gasteiger partial charge on any atom is -0.375 e. The summed E-state index contributed by atoms with van der Waals surface area (Å²) in [5.74, 6) is 0. The van der Waals surface area contributed by atoms with Gasteiger partial charge in [0.25, 0.3) is 0 Å². The highest BCUT2D eigenvalue weighted by Crippen LogP contribution is 2.25. The molecule has 1 N–H and O–H groups in total. The molecule has 88 valence electrons. The number of ether oxygens (including phenoxy) is 2. The summed E-state index contributed by atoms with van der Waals surface area (Å²) in [6.07, 6.45) is 6.01. The van der Waals surface area contributed by atoms with Crippen LogP contribution in [0.2, 0.25) is 0 Å². The van der Waals surface area contributed by atoms with Gasteiger partial charge in [0.15, 0.2) is 0 Å². The summed E-state index contributed by atoms with van der Waals surface area (Å²) in [5, 5.41) is 3.46. The lowest BCUT2D eigenvalue weighted by molar-refractivity contribution is -0.0852. The van der Waals surface area contributed by atoms with Crippen molar-refractivity contribution in [2.24, 2.45) is 0 Å². The van der Waals surface area contributed by atoms with E-state index in [1.165, 1.54) is 6.42 Å². The summed E-state index contributed by atoms with van der Waals surface area (Å²) in [7, 11) is 0. The average Bonchev–Trinajstić information content (AvgIpc) is 2.65. The highest BCUT2D eigenvalue weighted by atomic mass is 35.5. The van der Waals surface area contributed by atoms with Crippen molar-refractivity contribution in [1.29, 1.82) is 0 Å². The van der Waals surface area contributed by atoms with Crippen molar-refractivity contribution in [3.05, 3.63) is 12.7 Å². The molecular weight excluding hydrogens is 214 g/mol. The van der Waals surface area contributed by atoms with E-state index < -0.39 is 0 Å². The van der Waals surface area contributed by atoms with Gasteiger partial charge in [-0.15, -0.1) is 19.0 Å². The zero-order valence-corrected chi connectivity index (χ0v) is 9.80. The Morgan fingerprint density at radius 3 is 3.07 bits per heavy atom. The van der Waals surface area contributed by atoms with Crippen LogP contribution in [0.15, 0.2) is 12.7 Å². The Morgan fingerprint density at radius 1 is 1.40 bits per heavy atom. The third kappa shape index (κ3) is 3.45. The Morgan fingerprint density at radius 2 is 2.27 bits per heavy atom. The molecule has 15 heavy (non-hydrogen) atoms. The van der Waals surface area contributed by atoms with E-state index in [0.29, 0.717) is 24.9 Å². The molecular formula is C11H20ClNO2. The van der Waals surface area contributed by atoms with Gasteiger partial charge < -0.3 is 14.8 Å². The second-order valence-electron chi connectivity index (χ2n) is 4.05. The van der Waals surface area contributed by atoms with Crippen LogP contribution in [-0.2, 0) is 9.47 Å². The first kappa shape index (κ1) is 13.0. The Kier molecular flexibility index (Phi) is 5.61. The quantitative estimate of drug-likeness (QED) is 0.590. The van der Waals surface area contributed by atoms with Crippen molar-refractivity contribution < 1.29 is 9.47 Å². The number of hydrogen-bond donors (Lipinski definition) is 1. The third-order valence-electron chi connectivity index (χ3n) is 2.99. The maximum absolute atomic E-state index is 5.94. The van der Waals surface area contributed by atoms with Gasteiger partial charge >= 0.3 is 0 Å². The van der Waals surface area contributed by atoms with E-state index in [2.05, 4.69) is 11.9 Å². The standard InChI is InChI=1S/C11H19NO2.ClH/c1-2-7-13-8-9-3-4-10-11(14-9)5-6-12-10;/h2,9-12H,1,3-8H2;1H/t9-,10-,11-;/m1./s1. The minimum atomic E-state index is 0. The monoisotopic (exact) mass is 233 g/mol. The summed E-state index contributed by atoms with van der Waals surface area (Å²) < 4.78 is 11.3. The summed E-state index contributed by atoms with van der Waals surface area (Å²) in [4.78, 5) is 0. The molecule has 4 heteroatoms. The number of hydrogen-bond acceptors (Lipinski definition) is 3. The van der Waals surface area contributed by atoms with Gasteiger partial charge in [-0.1, -0.05) is 6.08 Å². The van der Waals surface area contributed by atoms with Gasteiger partial charge in [0.1, 0.15) is 0 Å². The molecule has 2 saturated heterocycles. The smallest absolute Gasteiger partial charge is 0.0813 e. The molecule has 0 aromatic carbocycles. The predicted molar refractivity (Wildman–Crippen MR) is 62.6 cm³/mol. The van der Waals surface area contributed by atoms with Gasteiger partial charge in [-0.3, -0.25) is 0 Å². The van der Waals surface area contributed by atoms with Gasteiger partial charge in [0.05, 0.1) is 25.4 Å². The lowest BCUT2D eigenvalue weighted by Crippen LogP contribution is -2.41. The normalized spacial score (nSPS) is 34.3. The first-order valence-electron chi connectivity index (χ1n) is 5.47. The fourth-order valence-electron chi connectivity index (χ4n) is 2.28. The van der Waals surface area contributed by atoms with Crippen molar-refractivity contribution in [2.45, 2.75) is 37.5 Å². The second kappa shape index (κ2) is 6.48. The third-order valence-corrected chi connectivity index (χ3v) is 2.99. The van der Waals surface area contributed by atoms with Crippen molar-refractivity contribution >= 4 is 12.4 Å². The van der Waals surface area contributed by atoms with E-state index in [1.54, 1.807) is 6.08 Å². The molecule has 0 amide bonds. The van der Waals surface area contributed by atoms with Crippen molar-refractivity contribution in [3.8, 4) is 0 Å². The van der Waals surface area contributed by atoms with Crippen LogP contribution in [-0.4, -0.2) is 38.0 Å². The summed E-state index contributed by atoms with van der Waals surface area (Å²) in [6.45, 7) is 6.08. The van der Waals surface area contributed by atoms with Crippen LogP contribution >= 0.6 is 12.4 Å². The molecule has 2 rings (SSSR count). The molecule has 0 radical (unpaired) electrons. The number of fused-ring (bicyclic) bond motifs is 1. The SMILES string of the molecule is C=CCOC[C@H]1CC[C@H]2NCC[C@H]2O1.Cl. The van der Waals surface area contributed by atoms with E-state index in [1.807, 2.05) is 0 Å². The van der Waals surface area contributed by atoms with E-state index in [9.17, 15) is 0 Å². The Labute approximate surface area is 97.6 Å². The molecule has 2 aliphatic heterocycles. The van der Waals surface area contributed by atoms with Gasteiger partial charge in [-0.2, -0.15) is 0 Å². The van der Waals surface area contributed by atoms with Gasteiger partial charge in [0, 0.05) is 6.04 Å². The molecule has 2 fully saturated rings. The van der Waals surface area contributed by atoms with Crippen molar-refractivity contribution in [2.75, 3.05) is 19.8 Å². The van der Waals surface area contributed by atoms with E-state index in [0.717, 1.165) is 26.0 Å². The minimum absolute atomic E-state index is 0. The van der Waals surface area contributed by atoms with Crippen LogP contribution < -0.4 is 5.32 Å². The zero-order valence-electron chi connectivity index (χ0n) is 8.98. The van der Waals surface area contributed by atoms with Gasteiger partial charge in [-0.05, 0) is 25.8 Å². The summed E-state index contributed by atoms with van der Waals surface area (Å²) in [5.41, 5.74) is 0. The number of nitrogens with one attached hydrogen (secondary N) is 1. The molecule has 2 heterocycles. The van der Waals surface area contributed by atoms with Crippen molar-refractivity contribution in [3.63, 3.8) is 0 Å². The summed E-state index contributed by atoms with van der Waals surface area (Å²) in [6, 6.07) is 0.602. The molecule has 0 aromatic rings. The molecule has 0 unspecified atom stereocenters. The molecule has 0 aromatic heterocycles. The summed E-state index contributed by atoms with van der Waals surface area (Å²) >= 11 is 0. The van der Waals surface area contributed by atoms with Gasteiger partial charge in [-0.25, -0.2) is 0 Å². The maximum Gasteiger partial charge on any atom is 0.0813 e. The Bertz CT molecular complexity index is 201. The zero-order chi connectivity index (χ0) is 9.80. The van der Waals surface area contributed by atoms with Crippen LogP contribution in [0.1, 0.15) is 19.3 Å². The maximum atomic E-state index is 5.94. The first-order chi connectivity index (χ1) is 6.90. The molecule has 0 bridgehead atoms. The Balaban J connectivity index is 0.00000112.